The molecule has 1 N–H and O–H groups in total. The molecule has 0 spiro atoms. The molecule has 5 aromatic carbocycles. The van der Waals surface area contributed by atoms with Crippen molar-refractivity contribution in [3.8, 4) is 17.2 Å². The van der Waals surface area contributed by atoms with Gasteiger partial charge in [0.05, 0.1) is 87.8 Å². The number of rotatable bonds is 21. The molecule has 0 amide bonds. The number of aliphatic hydroxyl groups is 1. The zero-order valence-electron chi connectivity index (χ0n) is 48.4. The van der Waals surface area contributed by atoms with Crippen LogP contribution in [0.25, 0.3) is 6.08 Å². The van der Waals surface area contributed by atoms with Gasteiger partial charge < -0.3 is 51.8 Å². The van der Waals surface area contributed by atoms with E-state index in [0.29, 0.717) is 62.3 Å². The van der Waals surface area contributed by atoms with E-state index in [1.165, 1.54) is 0 Å². The summed E-state index contributed by atoms with van der Waals surface area (Å²) in [7, 11) is 0. The van der Waals surface area contributed by atoms with Crippen LogP contribution in [0.2, 0.25) is 0 Å². The fraction of sp³-hybridized carbons (Fsp3) is 0.403. The van der Waals surface area contributed by atoms with Crippen molar-refractivity contribution in [3.05, 3.63) is 217 Å². The smallest absolute Gasteiger partial charge is 0.163 e. The maximum atomic E-state index is 10.6. The molecule has 4 fully saturated rings. The van der Waals surface area contributed by atoms with Crippen molar-refractivity contribution in [2.24, 2.45) is 11.8 Å². The van der Waals surface area contributed by atoms with Gasteiger partial charge >= 0.3 is 155 Å². The molecule has 0 bridgehead atoms. The van der Waals surface area contributed by atoms with Crippen LogP contribution in [0.3, 0.4) is 0 Å². The van der Waals surface area contributed by atoms with Crippen LogP contribution in [0.5, 0.6) is 17.2 Å². The summed E-state index contributed by atoms with van der Waals surface area (Å²) in [4.78, 5) is -3.49. The summed E-state index contributed by atoms with van der Waals surface area (Å²) in [5, 5.41) is 10.6. The van der Waals surface area contributed by atoms with Crippen LogP contribution in [-0.2, 0) is 51.1 Å². The summed E-state index contributed by atoms with van der Waals surface area (Å²) in [6.45, 7) is 16.2. The number of hydrogen-bond donors (Lipinski definition) is 1. The average Bonchev–Trinajstić information content (AvgIpc) is 4.53. The third-order valence-electron chi connectivity index (χ3n) is 14.7. The number of benzene rings is 5. The molecule has 3 unspecified atom stereocenters. The van der Waals surface area contributed by atoms with Crippen molar-refractivity contribution in [1.29, 1.82) is 0 Å². The molecule has 7 aromatic rings. The molecular formula is C67H80IO14P. The Morgan fingerprint density at radius 3 is 1.41 bits per heavy atom. The van der Waals surface area contributed by atoms with Crippen LogP contribution in [-0.4, -0.2) is 85.4 Å². The Bertz CT molecular complexity index is 2880. The van der Waals surface area contributed by atoms with Gasteiger partial charge in [0.2, 0.25) is 0 Å². The molecule has 4 aliphatic heterocycles. The number of halogens is 1. The minimum Gasteiger partial charge on any atom is -0.467 e. The Hall–Kier alpha value is -5.40. The van der Waals surface area contributed by atoms with Gasteiger partial charge in [-0.1, -0.05) is 80.6 Å². The molecule has 14 nitrogen and oxygen atoms in total. The first-order chi connectivity index (χ1) is 39.9. The SMILES string of the molecule is CP(I)(Oc1ccccc1)(Oc1ccccc1)Oc1ccccc1.C[C@@H]1[C@@H](OCc2ccccc2)[C@@H](CC2COC(C)(C)O2)O[C@H]1/C=C/c1ccco1.C[C@@H]1[C@@H](OCc2ccccc2)[C@@H](CC2COC(C)(C)O2)O[C@H]1CC(O)c1ccco1. The number of ether oxygens (including phenoxy) is 8. The van der Waals surface area contributed by atoms with E-state index in [1.807, 2.05) is 180 Å². The number of para-hydroxylation sites is 3. The van der Waals surface area contributed by atoms with Gasteiger partial charge in [-0.15, -0.1) is 0 Å². The summed E-state index contributed by atoms with van der Waals surface area (Å²) >= 11 is 2.18. The van der Waals surface area contributed by atoms with Crippen LogP contribution in [0.4, 0.5) is 0 Å². The maximum absolute atomic E-state index is 10.6. The first-order valence-corrected chi connectivity index (χ1v) is 33.8. The van der Waals surface area contributed by atoms with E-state index in [0.717, 1.165) is 23.3 Å². The van der Waals surface area contributed by atoms with E-state index in [2.05, 4.69) is 66.2 Å². The molecule has 83 heavy (non-hydrogen) atoms. The maximum Gasteiger partial charge on any atom is 0.163 e. The van der Waals surface area contributed by atoms with Crippen molar-refractivity contribution < 1.29 is 65.4 Å². The normalized spacial score (nSPS) is 26.2. The van der Waals surface area contributed by atoms with Gasteiger partial charge in [-0.2, -0.15) is 0 Å². The fourth-order valence-electron chi connectivity index (χ4n) is 10.7. The Morgan fingerprint density at radius 1 is 0.554 bits per heavy atom. The van der Waals surface area contributed by atoms with Crippen LogP contribution >= 0.6 is 27.0 Å². The number of hydrogen-bond acceptors (Lipinski definition) is 14. The molecule has 4 aliphatic rings. The quantitative estimate of drug-likeness (QED) is 0.0537. The van der Waals surface area contributed by atoms with E-state index in [9.17, 15) is 5.11 Å². The molecule has 0 radical (unpaired) electrons. The zero-order chi connectivity index (χ0) is 58.3. The van der Waals surface area contributed by atoms with Crippen LogP contribution in [0, 0.1) is 11.8 Å². The molecule has 16 heteroatoms. The van der Waals surface area contributed by atoms with Gasteiger partial charge in [0.15, 0.2) is 11.6 Å². The summed E-state index contributed by atoms with van der Waals surface area (Å²) in [5.74, 6) is 2.74. The molecule has 2 aromatic heterocycles. The van der Waals surface area contributed by atoms with E-state index in [1.54, 1.807) is 24.7 Å². The van der Waals surface area contributed by atoms with Crippen molar-refractivity contribution >= 4 is 33.0 Å². The van der Waals surface area contributed by atoms with Crippen molar-refractivity contribution in [2.45, 2.75) is 141 Å². The summed E-state index contributed by atoms with van der Waals surface area (Å²) in [5.41, 5.74) is 2.29. The van der Waals surface area contributed by atoms with E-state index >= 15 is 0 Å². The molecule has 0 aliphatic carbocycles. The Labute approximate surface area is 502 Å². The summed E-state index contributed by atoms with van der Waals surface area (Å²) < 4.78 is 78.6. The number of furan rings is 2. The van der Waals surface area contributed by atoms with Gasteiger partial charge in [-0.3, -0.25) is 0 Å². The third kappa shape index (κ3) is 18.5. The average molecular weight is 1270 g/mol. The molecule has 444 valence electrons. The topological polar surface area (TPSA) is 148 Å². The van der Waals surface area contributed by atoms with Gasteiger partial charge in [0, 0.05) is 31.1 Å². The molecule has 4 saturated heterocycles. The Balaban J connectivity index is 0.000000151. The molecule has 0 saturated carbocycles. The van der Waals surface area contributed by atoms with Crippen LogP contribution < -0.4 is 13.6 Å². The zero-order valence-corrected chi connectivity index (χ0v) is 51.5. The molecule has 11 rings (SSSR count). The van der Waals surface area contributed by atoms with Crippen molar-refractivity contribution in [1.82, 2.24) is 0 Å². The first kappa shape index (κ1) is 62.1. The minimum absolute atomic E-state index is 0.0119. The third-order valence-corrected chi connectivity index (χ3v) is 18.3. The first-order valence-electron chi connectivity index (χ1n) is 28.6. The van der Waals surface area contributed by atoms with E-state index in [-0.39, 0.29) is 60.7 Å². The van der Waals surface area contributed by atoms with Gasteiger partial charge in [-0.05, 0) is 69.2 Å². The summed E-state index contributed by atoms with van der Waals surface area (Å²) in [6, 6.07) is 56.5. The Kier molecular flexibility index (Phi) is 21.5. The monoisotopic (exact) mass is 1270 g/mol. The Morgan fingerprint density at radius 2 is 0.988 bits per heavy atom. The minimum atomic E-state index is -3.49. The predicted molar refractivity (Wildman–Crippen MR) is 329 cm³/mol. The fourth-order valence-corrected chi connectivity index (χ4v) is 14.6. The van der Waals surface area contributed by atoms with Gasteiger partial charge in [0.25, 0.3) is 0 Å². The molecule has 6 heterocycles. The standard InChI is InChI=1S/C24H32O6.C24H30O5.C19H18IO3P/c1-16-21(13-19(25)20-10-7-11-26-20)29-22(12-18-15-28-24(2,3)30-18)23(16)27-14-17-8-5-4-6-9-17;1-17-21(12-11-19-10-7-13-25-19)28-22(14-20-16-27-24(2,3)29-20)23(17)26-15-18-8-5-4-6-9-18;1-24(20,21-17-11-5-2-6-12-17,22-18-13-7-3-8-14-18)23-19-15-9-4-10-16-19/h4-11,16,18-19,21-23,25H,12-15H2,1-3H3;4-13,17,20-23H,14-16H2,1-3H3;2-16H,1H3/b;12-11+;/t16-,18?,19?,21-,22+,23+;17-,20?,21-,22+,23+;/m00./s1. The molecular weight excluding hydrogens is 1190 g/mol. The summed E-state index contributed by atoms with van der Waals surface area (Å²) in [6.07, 6.45) is 8.00. The van der Waals surface area contributed by atoms with E-state index in [4.69, 9.17) is 60.3 Å². The van der Waals surface area contributed by atoms with Gasteiger partial charge in [-0.25, -0.2) is 0 Å². The second kappa shape index (κ2) is 28.7. The molecule has 11 atom stereocenters. The number of aliphatic hydroxyl groups excluding tert-OH is 1. The second-order valence-electron chi connectivity index (χ2n) is 22.5. The van der Waals surface area contributed by atoms with Crippen LogP contribution in [0.1, 0.15) is 89.6 Å². The van der Waals surface area contributed by atoms with Crippen molar-refractivity contribution in [3.63, 3.8) is 0 Å². The predicted octanol–water partition coefficient (Wildman–Crippen LogP) is 15.6. The van der Waals surface area contributed by atoms with Crippen molar-refractivity contribution in [2.75, 3.05) is 19.9 Å². The largest absolute Gasteiger partial charge is 0.467 e. The van der Waals surface area contributed by atoms with Gasteiger partial charge in [0.1, 0.15) is 17.6 Å². The van der Waals surface area contributed by atoms with E-state index < -0.39 is 22.6 Å². The van der Waals surface area contributed by atoms with Crippen LogP contribution in [0.15, 0.2) is 203 Å². The second-order valence-corrected chi connectivity index (χ2v) is 31.7.